The lowest BCUT2D eigenvalue weighted by atomic mass is 10.2. The summed E-state index contributed by atoms with van der Waals surface area (Å²) < 4.78 is 41.8. The van der Waals surface area contributed by atoms with E-state index in [1.165, 1.54) is 30.7 Å². The average molecular weight is 478 g/mol. The number of likely N-dealkylation sites (tertiary alicyclic amines) is 1. The summed E-state index contributed by atoms with van der Waals surface area (Å²) in [6.45, 7) is 4.76. The van der Waals surface area contributed by atoms with Crippen LogP contribution in [0.1, 0.15) is 40.4 Å². The second-order valence-electron chi connectivity index (χ2n) is 8.25. The zero-order valence-electron chi connectivity index (χ0n) is 18.6. The van der Waals surface area contributed by atoms with Crippen molar-refractivity contribution in [1.29, 1.82) is 0 Å². The van der Waals surface area contributed by atoms with Crippen molar-refractivity contribution < 1.29 is 18.0 Å². The lowest BCUT2D eigenvalue weighted by Crippen LogP contribution is -2.21. The number of rotatable bonds is 8. The predicted octanol–water partition coefficient (Wildman–Crippen LogP) is 4.82. The Morgan fingerprint density at radius 1 is 1.09 bits per heavy atom. The number of Topliss-reactive ketones (excluding diaryl/α,β-unsaturated/α-hetero) is 1. The standard InChI is InChI=1S/C23H26F3N5OS/c1-16-12-19(17(2)30(16)15-23(24,25)26)20(32)14-33-22-28-27-21(13-29-10-6-7-11-29)31(22)18-8-4-3-5-9-18/h3-5,8-9,12H,6-7,10-11,13-15H2,1-2H3. The maximum atomic E-state index is 12.9. The van der Waals surface area contributed by atoms with Gasteiger partial charge in [0, 0.05) is 22.6 Å². The fourth-order valence-corrected chi connectivity index (χ4v) is 5.04. The second-order valence-corrected chi connectivity index (χ2v) is 9.19. The third kappa shape index (κ3) is 5.50. The van der Waals surface area contributed by atoms with E-state index in [0.717, 1.165) is 29.2 Å². The number of alkyl halides is 3. The van der Waals surface area contributed by atoms with E-state index in [2.05, 4.69) is 15.1 Å². The van der Waals surface area contributed by atoms with E-state index in [4.69, 9.17) is 0 Å². The summed E-state index contributed by atoms with van der Waals surface area (Å²) in [5.41, 5.74) is 1.97. The molecule has 1 aliphatic heterocycles. The van der Waals surface area contributed by atoms with Crippen LogP contribution in [-0.2, 0) is 13.1 Å². The van der Waals surface area contributed by atoms with Crippen molar-refractivity contribution in [2.24, 2.45) is 0 Å². The molecule has 3 heterocycles. The molecule has 1 fully saturated rings. The number of nitrogens with zero attached hydrogens (tertiary/aromatic N) is 5. The molecule has 6 nitrogen and oxygen atoms in total. The van der Waals surface area contributed by atoms with Gasteiger partial charge in [0.15, 0.2) is 16.8 Å². The average Bonchev–Trinajstić information content (AvgIpc) is 3.49. The van der Waals surface area contributed by atoms with E-state index in [-0.39, 0.29) is 11.5 Å². The number of aryl methyl sites for hydroxylation is 1. The maximum Gasteiger partial charge on any atom is 0.406 e. The summed E-state index contributed by atoms with van der Waals surface area (Å²) in [5.74, 6) is 0.636. The van der Waals surface area contributed by atoms with E-state index < -0.39 is 12.7 Å². The highest BCUT2D eigenvalue weighted by Gasteiger charge is 2.30. The zero-order valence-corrected chi connectivity index (χ0v) is 19.4. The lowest BCUT2D eigenvalue weighted by molar-refractivity contribution is -0.141. The van der Waals surface area contributed by atoms with Crippen LogP contribution in [0.25, 0.3) is 5.69 Å². The van der Waals surface area contributed by atoms with E-state index in [1.54, 1.807) is 13.8 Å². The monoisotopic (exact) mass is 477 g/mol. The minimum Gasteiger partial charge on any atom is -0.339 e. The first-order chi connectivity index (χ1) is 15.7. The Morgan fingerprint density at radius 2 is 1.79 bits per heavy atom. The summed E-state index contributed by atoms with van der Waals surface area (Å²) in [7, 11) is 0. The molecule has 0 unspecified atom stereocenters. The van der Waals surface area contributed by atoms with Crippen molar-refractivity contribution in [1.82, 2.24) is 24.2 Å². The first kappa shape index (κ1) is 23.6. The molecule has 2 aromatic heterocycles. The van der Waals surface area contributed by atoms with Crippen molar-refractivity contribution in [2.75, 3.05) is 18.8 Å². The predicted molar refractivity (Wildman–Crippen MR) is 121 cm³/mol. The molecule has 3 aromatic rings. The van der Waals surface area contributed by atoms with Crippen LogP contribution >= 0.6 is 11.8 Å². The maximum absolute atomic E-state index is 12.9. The molecule has 0 bridgehead atoms. The minimum absolute atomic E-state index is 0.0605. The molecule has 0 saturated carbocycles. The third-order valence-corrected chi connectivity index (χ3v) is 6.75. The molecule has 4 rings (SSSR count). The number of carbonyl (C=O) groups excluding carboxylic acids is 1. The highest BCUT2D eigenvalue weighted by molar-refractivity contribution is 7.99. The number of hydrogen-bond donors (Lipinski definition) is 0. The van der Waals surface area contributed by atoms with E-state index >= 15 is 0 Å². The first-order valence-electron chi connectivity index (χ1n) is 10.8. The minimum atomic E-state index is -4.35. The van der Waals surface area contributed by atoms with Crippen LogP contribution in [0.3, 0.4) is 0 Å². The quantitative estimate of drug-likeness (QED) is 0.344. The van der Waals surface area contributed by atoms with Crippen LogP contribution in [-0.4, -0.2) is 55.0 Å². The van der Waals surface area contributed by atoms with E-state index in [0.29, 0.717) is 28.7 Å². The molecular weight excluding hydrogens is 451 g/mol. The Balaban J connectivity index is 1.54. The third-order valence-electron chi connectivity index (χ3n) is 5.82. The Kier molecular flexibility index (Phi) is 6.94. The molecule has 33 heavy (non-hydrogen) atoms. The summed E-state index contributed by atoms with van der Waals surface area (Å²) in [4.78, 5) is 15.3. The lowest BCUT2D eigenvalue weighted by Gasteiger charge is -2.16. The van der Waals surface area contributed by atoms with Crippen LogP contribution in [0.2, 0.25) is 0 Å². The van der Waals surface area contributed by atoms with Crippen LogP contribution in [0.15, 0.2) is 41.6 Å². The molecule has 0 amide bonds. The van der Waals surface area contributed by atoms with Crippen molar-refractivity contribution in [3.8, 4) is 5.69 Å². The molecular formula is C23H26F3N5OS. The topological polar surface area (TPSA) is 56.0 Å². The van der Waals surface area contributed by atoms with Gasteiger partial charge < -0.3 is 4.57 Å². The second kappa shape index (κ2) is 9.72. The van der Waals surface area contributed by atoms with Crippen molar-refractivity contribution >= 4 is 17.5 Å². The smallest absolute Gasteiger partial charge is 0.339 e. The van der Waals surface area contributed by atoms with Crippen molar-refractivity contribution in [3.63, 3.8) is 0 Å². The van der Waals surface area contributed by atoms with Gasteiger partial charge in [0.25, 0.3) is 0 Å². The molecule has 1 aliphatic rings. The van der Waals surface area contributed by atoms with Gasteiger partial charge in [0.1, 0.15) is 6.54 Å². The van der Waals surface area contributed by atoms with Crippen LogP contribution in [0.5, 0.6) is 0 Å². The summed E-state index contributed by atoms with van der Waals surface area (Å²) in [6, 6.07) is 11.3. The number of ketones is 1. The van der Waals surface area contributed by atoms with Crippen LogP contribution < -0.4 is 0 Å². The molecule has 0 spiro atoms. The van der Waals surface area contributed by atoms with Gasteiger partial charge in [-0.15, -0.1) is 10.2 Å². The van der Waals surface area contributed by atoms with Gasteiger partial charge in [-0.3, -0.25) is 14.3 Å². The van der Waals surface area contributed by atoms with Gasteiger partial charge in [-0.2, -0.15) is 13.2 Å². The van der Waals surface area contributed by atoms with E-state index in [1.807, 2.05) is 34.9 Å². The molecule has 0 aliphatic carbocycles. The van der Waals surface area contributed by atoms with Gasteiger partial charge in [0.05, 0.1) is 12.3 Å². The largest absolute Gasteiger partial charge is 0.406 e. The molecule has 0 N–H and O–H groups in total. The van der Waals surface area contributed by atoms with Gasteiger partial charge in [-0.1, -0.05) is 30.0 Å². The number of carbonyl (C=O) groups is 1. The number of thioether (sulfide) groups is 1. The highest BCUT2D eigenvalue weighted by Crippen LogP contribution is 2.27. The number of aromatic nitrogens is 4. The number of benzene rings is 1. The summed E-state index contributed by atoms with van der Waals surface area (Å²) >= 11 is 1.25. The summed E-state index contributed by atoms with van der Waals surface area (Å²) in [5, 5.41) is 9.32. The summed E-state index contributed by atoms with van der Waals surface area (Å²) in [6.07, 6.45) is -2.01. The van der Waals surface area contributed by atoms with Crippen LogP contribution in [0.4, 0.5) is 13.2 Å². The first-order valence-corrected chi connectivity index (χ1v) is 11.8. The number of hydrogen-bond acceptors (Lipinski definition) is 5. The SMILES string of the molecule is Cc1cc(C(=O)CSc2nnc(CN3CCCC3)n2-c2ccccc2)c(C)n1CC(F)(F)F. The molecule has 1 aromatic carbocycles. The van der Waals surface area contributed by atoms with Gasteiger partial charge in [-0.25, -0.2) is 0 Å². The molecule has 1 saturated heterocycles. The molecule has 0 atom stereocenters. The van der Waals surface area contributed by atoms with Gasteiger partial charge in [0.2, 0.25) is 0 Å². The molecule has 0 radical (unpaired) electrons. The Hall–Kier alpha value is -2.59. The Morgan fingerprint density at radius 3 is 2.45 bits per heavy atom. The van der Waals surface area contributed by atoms with Gasteiger partial charge in [-0.05, 0) is 58.0 Å². The fraction of sp³-hybridized carbons (Fsp3) is 0.435. The van der Waals surface area contributed by atoms with Gasteiger partial charge >= 0.3 is 6.18 Å². The molecule has 176 valence electrons. The number of halogens is 3. The normalized spacial score (nSPS) is 14.8. The van der Waals surface area contributed by atoms with E-state index in [9.17, 15) is 18.0 Å². The number of para-hydroxylation sites is 1. The van der Waals surface area contributed by atoms with Crippen molar-refractivity contribution in [2.45, 2.75) is 51.1 Å². The van der Waals surface area contributed by atoms with Crippen LogP contribution in [0, 0.1) is 13.8 Å². The highest BCUT2D eigenvalue weighted by atomic mass is 32.2. The van der Waals surface area contributed by atoms with Crippen molar-refractivity contribution in [3.05, 3.63) is 59.2 Å². The molecule has 10 heteroatoms. The Labute approximate surface area is 194 Å². The fourth-order valence-electron chi connectivity index (χ4n) is 4.19. The Bertz CT molecular complexity index is 1120. The zero-order chi connectivity index (χ0) is 23.6.